The summed E-state index contributed by atoms with van der Waals surface area (Å²) in [6.07, 6.45) is 13.0. The second kappa shape index (κ2) is 8.62. The number of hydrogen-bond acceptors (Lipinski definition) is 2. The molecule has 1 aromatic heterocycles. The SMILES string of the molecule is CC(C)(C)NC(=O)c1cc2c(n(CC3CCCCC3)c1=O)CCCCCC2. The van der Waals surface area contributed by atoms with Crippen LogP contribution >= 0.6 is 0 Å². The van der Waals surface area contributed by atoms with Gasteiger partial charge in [0.1, 0.15) is 5.56 Å². The van der Waals surface area contributed by atoms with E-state index < -0.39 is 0 Å². The highest BCUT2D eigenvalue weighted by molar-refractivity contribution is 5.94. The van der Waals surface area contributed by atoms with Gasteiger partial charge in [0.05, 0.1) is 0 Å². The summed E-state index contributed by atoms with van der Waals surface area (Å²) in [6, 6.07) is 1.90. The molecule has 3 rings (SSSR count). The number of rotatable bonds is 3. The van der Waals surface area contributed by atoms with E-state index in [2.05, 4.69) is 5.32 Å². The molecule has 0 atom stereocenters. The number of aromatic nitrogens is 1. The zero-order valence-electron chi connectivity index (χ0n) is 17.4. The molecule has 0 aromatic carbocycles. The summed E-state index contributed by atoms with van der Waals surface area (Å²) in [5, 5.41) is 2.99. The van der Waals surface area contributed by atoms with Gasteiger partial charge < -0.3 is 9.88 Å². The van der Waals surface area contributed by atoms with E-state index in [1.165, 1.54) is 56.2 Å². The molecule has 1 fully saturated rings. The van der Waals surface area contributed by atoms with Crippen LogP contribution in [-0.4, -0.2) is 16.0 Å². The molecule has 1 amide bonds. The topological polar surface area (TPSA) is 51.1 Å². The van der Waals surface area contributed by atoms with Crippen LogP contribution in [0.1, 0.15) is 100 Å². The maximum Gasteiger partial charge on any atom is 0.263 e. The summed E-state index contributed by atoms with van der Waals surface area (Å²) in [5.41, 5.74) is 2.34. The van der Waals surface area contributed by atoms with Crippen molar-refractivity contribution in [1.82, 2.24) is 9.88 Å². The molecule has 1 saturated carbocycles. The monoisotopic (exact) mass is 372 g/mol. The summed E-state index contributed by atoms with van der Waals surface area (Å²) in [4.78, 5) is 26.2. The number of pyridine rings is 1. The zero-order valence-corrected chi connectivity index (χ0v) is 17.4. The summed E-state index contributed by atoms with van der Waals surface area (Å²) in [5.74, 6) is 0.349. The van der Waals surface area contributed by atoms with Crippen molar-refractivity contribution >= 4 is 5.91 Å². The Kier molecular flexibility index (Phi) is 6.44. The molecule has 0 saturated heterocycles. The number of carbonyl (C=O) groups is 1. The second-order valence-electron chi connectivity index (χ2n) is 9.57. The van der Waals surface area contributed by atoms with Crippen LogP contribution in [-0.2, 0) is 19.4 Å². The minimum absolute atomic E-state index is 0.0818. The Morgan fingerprint density at radius 1 is 1.04 bits per heavy atom. The Bertz CT molecular complexity index is 721. The Hall–Kier alpha value is -1.58. The first kappa shape index (κ1) is 20.2. The van der Waals surface area contributed by atoms with E-state index in [9.17, 15) is 9.59 Å². The molecule has 1 heterocycles. The Morgan fingerprint density at radius 2 is 1.67 bits per heavy atom. The van der Waals surface area contributed by atoms with Crippen LogP contribution in [0.4, 0.5) is 0 Å². The third-order valence-corrected chi connectivity index (χ3v) is 6.00. The average molecular weight is 373 g/mol. The van der Waals surface area contributed by atoms with Gasteiger partial charge in [-0.05, 0) is 76.8 Å². The van der Waals surface area contributed by atoms with Crippen LogP contribution in [0.15, 0.2) is 10.9 Å². The van der Waals surface area contributed by atoms with E-state index >= 15 is 0 Å². The third-order valence-electron chi connectivity index (χ3n) is 6.00. The lowest BCUT2D eigenvalue weighted by atomic mass is 9.88. The Balaban J connectivity index is 2.01. The molecule has 1 N–H and O–H groups in total. The number of fused-ring (bicyclic) bond motifs is 1. The summed E-state index contributed by atoms with van der Waals surface area (Å²) in [6.45, 7) is 6.66. The number of nitrogens with zero attached hydrogens (tertiary/aromatic N) is 1. The smallest absolute Gasteiger partial charge is 0.263 e. The van der Waals surface area contributed by atoms with Crippen molar-refractivity contribution in [3.8, 4) is 0 Å². The predicted molar refractivity (Wildman–Crippen MR) is 110 cm³/mol. The van der Waals surface area contributed by atoms with Gasteiger partial charge in [0.2, 0.25) is 0 Å². The van der Waals surface area contributed by atoms with Gasteiger partial charge in [0.25, 0.3) is 11.5 Å². The van der Waals surface area contributed by atoms with E-state index in [0.717, 1.165) is 32.2 Å². The largest absolute Gasteiger partial charge is 0.347 e. The number of hydrogen-bond donors (Lipinski definition) is 1. The fraction of sp³-hybridized carbons (Fsp3) is 0.739. The van der Waals surface area contributed by atoms with Crippen molar-refractivity contribution in [3.05, 3.63) is 33.2 Å². The van der Waals surface area contributed by atoms with Crippen molar-refractivity contribution in [3.63, 3.8) is 0 Å². The summed E-state index contributed by atoms with van der Waals surface area (Å²) < 4.78 is 1.99. The molecule has 27 heavy (non-hydrogen) atoms. The molecule has 2 aliphatic carbocycles. The van der Waals surface area contributed by atoms with E-state index in [0.29, 0.717) is 11.5 Å². The highest BCUT2D eigenvalue weighted by Crippen LogP contribution is 2.27. The first-order chi connectivity index (χ1) is 12.8. The highest BCUT2D eigenvalue weighted by atomic mass is 16.2. The first-order valence-electron chi connectivity index (χ1n) is 10.9. The van der Waals surface area contributed by atoms with Gasteiger partial charge in [-0.1, -0.05) is 32.1 Å². The van der Waals surface area contributed by atoms with Gasteiger partial charge in [-0.15, -0.1) is 0 Å². The standard InChI is InChI=1S/C23H36N2O2/c1-23(2,3)24-21(26)19-15-18-13-9-4-5-10-14-20(18)25(22(19)27)16-17-11-7-6-8-12-17/h15,17H,4-14,16H2,1-3H3,(H,24,26). The van der Waals surface area contributed by atoms with Gasteiger partial charge in [0, 0.05) is 17.8 Å². The molecule has 0 radical (unpaired) electrons. The van der Waals surface area contributed by atoms with E-state index in [1.807, 2.05) is 31.4 Å². The lowest BCUT2D eigenvalue weighted by molar-refractivity contribution is 0.0917. The van der Waals surface area contributed by atoms with Gasteiger partial charge in [0.15, 0.2) is 0 Å². The fourth-order valence-electron chi connectivity index (χ4n) is 4.63. The quantitative estimate of drug-likeness (QED) is 0.842. The van der Waals surface area contributed by atoms with Crippen LogP contribution in [0.5, 0.6) is 0 Å². The Labute approximate surface area is 163 Å². The van der Waals surface area contributed by atoms with Crippen molar-refractivity contribution in [2.75, 3.05) is 0 Å². The molecule has 0 aliphatic heterocycles. The highest BCUT2D eigenvalue weighted by Gasteiger charge is 2.24. The molecular formula is C23H36N2O2. The van der Waals surface area contributed by atoms with Crippen LogP contribution < -0.4 is 10.9 Å². The van der Waals surface area contributed by atoms with Crippen LogP contribution in [0.2, 0.25) is 0 Å². The van der Waals surface area contributed by atoms with E-state index in [-0.39, 0.29) is 17.0 Å². The van der Waals surface area contributed by atoms with Crippen molar-refractivity contribution < 1.29 is 4.79 Å². The molecule has 2 aliphatic rings. The van der Waals surface area contributed by atoms with Crippen molar-refractivity contribution in [1.29, 1.82) is 0 Å². The molecule has 4 heteroatoms. The minimum Gasteiger partial charge on any atom is -0.347 e. The number of carbonyl (C=O) groups excluding carboxylic acids is 1. The average Bonchev–Trinajstić information content (AvgIpc) is 2.58. The first-order valence-corrected chi connectivity index (χ1v) is 10.9. The second-order valence-corrected chi connectivity index (χ2v) is 9.57. The van der Waals surface area contributed by atoms with Crippen LogP contribution in [0, 0.1) is 5.92 Å². The van der Waals surface area contributed by atoms with Crippen LogP contribution in [0.25, 0.3) is 0 Å². The zero-order chi connectivity index (χ0) is 19.4. The maximum absolute atomic E-state index is 13.3. The predicted octanol–water partition coefficient (Wildman–Crippen LogP) is 4.62. The summed E-state index contributed by atoms with van der Waals surface area (Å²) in [7, 11) is 0. The molecule has 150 valence electrons. The van der Waals surface area contributed by atoms with Crippen molar-refractivity contribution in [2.24, 2.45) is 5.92 Å². The number of amides is 1. The molecule has 4 nitrogen and oxygen atoms in total. The van der Waals surface area contributed by atoms with Crippen molar-refractivity contribution in [2.45, 2.75) is 103 Å². The maximum atomic E-state index is 13.3. The summed E-state index contributed by atoms with van der Waals surface area (Å²) >= 11 is 0. The molecule has 1 aromatic rings. The van der Waals surface area contributed by atoms with E-state index in [1.54, 1.807) is 0 Å². The van der Waals surface area contributed by atoms with Gasteiger partial charge in [-0.3, -0.25) is 9.59 Å². The molecule has 0 spiro atoms. The normalized spacial score (nSPS) is 19.1. The lowest BCUT2D eigenvalue weighted by Gasteiger charge is -2.27. The van der Waals surface area contributed by atoms with Crippen LogP contribution in [0.3, 0.4) is 0 Å². The molecule has 0 unspecified atom stereocenters. The minimum atomic E-state index is -0.345. The molecule has 0 bridgehead atoms. The number of nitrogens with one attached hydrogen (secondary N) is 1. The Morgan fingerprint density at radius 3 is 2.33 bits per heavy atom. The van der Waals surface area contributed by atoms with Gasteiger partial charge in [-0.25, -0.2) is 0 Å². The lowest BCUT2D eigenvalue weighted by Crippen LogP contribution is -2.44. The molecular weight excluding hydrogens is 336 g/mol. The van der Waals surface area contributed by atoms with Gasteiger partial charge in [-0.2, -0.15) is 0 Å². The van der Waals surface area contributed by atoms with E-state index in [4.69, 9.17) is 0 Å². The third kappa shape index (κ3) is 5.24. The van der Waals surface area contributed by atoms with Gasteiger partial charge >= 0.3 is 0 Å². The number of aryl methyl sites for hydroxylation is 1. The fourth-order valence-corrected chi connectivity index (χ4v) is 4.63.